The number of piperazine rings is 1. The lowest BCUT2D eigenvalue weighted by Gasteiger charge is -2.35. The first-order valence-electron chi connectivity index (χ1n) is 9.20. The lowest BCUT2D eigenvalue weighted by molar-refractivity contribution is -0.131. The van der Waals surface area contributed by atoms with Crippen LogP contribution in [0.5, 0.6) is 5.75 Å². The van der Waals surface area contributed by atoms with Crippen molar-refractivity contribution in [1.29, 1.82) is 0 Å². The molecule has 27 heavy (non-hydrogen) atoms. The van der Waals surface area contributed by atoms with E-state index >= 15 is 0 Å². The van der Waals surface area contributed by atoms with Gasteiger partial charge in [-0.1, -0.05) is 6.07 Å². The van der Waals surface area contributed by atoms with Crippen LogP contribution in [0.25, 0.3) is 0 Å². The molecule has 2 aliphatic rings. The molecule has 1 aromatic carbocycles. The maximum Gasteiger partial charge on any atom is 0.317 e. The van der Waals surface area contributed by atoms with Crippen LogP contribution in [0.15, 0.2) is 18.2 Å². The third kappa shape index (κ3) is 4.32. The number of hydrogen-bond acceptors (Lipinski definition) is 4. The van der Waals surface area contributed by atoms with Crippen LogP contribution in [0, 0.1) is 0 Å². The lowest BCUT2D eigenvalue weighted by Crippen LogP contribution is -2.54. The monoisotopic (exact) mass is 374 g/mol. The van der Waals surface area contributed by atoms with E-state index in [4.69, 9.17) is 4.74 Å². The molecular formula is C19H26N4O4. The second kappa shape index (κ2) is 7.85. The number of hydrogen-bond donors (Lipinski definition) is 1. The maximum absolute atomic E-state index is 12.6. The molecule has 0 atom stereocenters. The molecule has 0 unspecified atom stereocenters. The highest BCUT2D eigenvalue weighted by Gasteiger charge is 2.26. The summed E-state index contributed by atoms with van der Waals surface area (Å²) in [6.07, 6.45) is 0.257. The van der Waals surface area contributed by atoms with Gasteiger partial charge in [0, 0.05) is 39.3 Å². The molecule has 0 radical (unpaired) electrons. The van der Waals surface area contributed by atoms with Gasteiger partial charge in [0.05, 0.1) is 12.1 Å². The van der Waals surface area contributed by atoms with Gasteiger partial charge in [-0.15, -0.1) is 0 Å². The van der Waals surface area contributed by atoms with Crippen molar-refractivity contribution in [1.82, 2.24) is 15.1 Å². The molecule has 0 aliphatic carbocycles. The number of fused-ring (bicyclic) bond motifs is 1. The summed E-state index contributed by atoms with van der Waals surface area (Å²) in [5.41, 5.74) is 1.52. The Bertz CT molecular complexity index is 741. The predicted molar refractivity (Wildman–Crippen MR) is 101 cm³/mol. The van der Waals surface area contributed by atoms with Gasteiger partial charge in [-0.25, -0.2) is 4.79 Å². The molecule has 1 aromatic rings. The maximum atomic E-state index is 12.6. The van der Waals surface area contributed by atoms with Crippen LogP contribution >= 0.6 is 0 Å². The number of nitrogens with one attached hydrogen (secondary N) is 1. The van der Waals surface area contributed by atoms with E-state index < -0.39 is 0 Å². The standard InChI is InChI=1S/C19H26N4O4/c1-13(2)20-19(26)23-8-6-22(7-9-23)17(24)11-14-4-5-16-15(10-14)21(3)18(25)12-27-16/h4-5,10,13H,6-9,11-12H2,1-3H3,(H,20,26). The van der Waals surface area contributed by atoms with Crippen molar-refractivity contribution in [2.45, 2.75) is 26.3 Å². The van der Waals surface area contributed by atoms with E-state index in [1.165, 1.54) is 0 Å². The molecule has 8 heteroatoms. The molecule has 0 aromatic heterocycles. The van der Waals surface area contributed by atoms with Gasteiger partial charge in [-0.2, -0.15) is 0 Å². The number of amides is 4. The molecule has 146 valence electrons. The molecule has 0 bridgehead atoms. The first-order chi connectivity index (χ1) is 12.8. The SMILES string of the molecule is CC(C)NC(=O)N1CCN(C(=O)Cc2ccc3c(c2)N(C)C(=O)CO3)CC1. The summed E-state index contributed by atoms with van der Waals surface area (Å²) in [4.78, 5) is 41.5. The fraction of sp³-hybridized carbons (Fsp3) is 0.526. The zero-order valence-electron chi connectivity index (χ0n) is 16.0. The van der Waals surface area contributed by atoms with Crippen molar-refractivity contribution in [3.8, 4) is 5.75 Å². The summed E-state index contributed by atoms with van der Waals surface area (Å²) in [5, 5.41) is 2.87. The van der Waals surface area contributed by atoms with E-state index in [2.05, 4.69) is 5.32 Å². The number of urea groups is 1. The number of ether oxygens (including phenoxy) is 1. The average molecular weight is 374 g/mol. The van der Waals surface area contributed by atoms with Crippen LogP contribution in [0.4, 0.5) is 10.5 Å². The van der Waals surface area contributed by atoms with Crippen LogP contribution < -0.4 is 15.0 Å². The highest BCUT2D eigenvalue weighted by Crippen LogP contribution is 2.32. The summed E-state index contributed by atoms with van der Waals surface area (Å²) in [6, 6.07) is 5.49. The highest BCUT2D eigenvalue weighted by atomic mass is 16.5. The number of rotatable bonds is 3. The van der Waals surface area contributed by atoms with E-state index in [0.717, 1.165) is 5.56 Å². The van der Waals surface area contributed by atoms with Gasteiger partial charge in [0.15, 0.2) is 6.61 Å². The van der Waals surface area contributed by atoms with Crippen LogP contribution in [0.3, 0.4) is 0 Å². The minimum absolute atomic E-state index is 0.0181. The Labute approximate surface area is 159 Å². The molecule has 8 nitrogen and oxygen atoms in total. The number of benzene rings is 1. The van der Waals surface area contributed by atoms with E-state index in [1.54, 1.807) is 27.8 Å². The summed E-state index contributed by atoms with van der Waals surface area (Å²) in [7, 11) is 1.71. The molecule has 0 saturated carbocycles. The van der Waals surface area contributed by atoms with Gasteiger partial charge < -0.3 is 24.8 Å². The van der Waals surface area contributed by atoms with Gasteiger partial charge >= 0.3 is 6.03 Å². The molecule has 1 fully saturated rings. The van der Waals surface area contributed by atoms with E-state index in [0.29, 0.717) is 37.6 Å². The van der Waals surface area contributed by atoms with Gasteiger partial charge in [0.1, 0.15) is 5.75 Å². The summed E-state index contributed by atoms with van der Waals surface area (Å²) in [6.45, 7) is 5.99. The largest absolute Gasteiger partial charge is 0.482 e. The molecule has 1 N–H and O–H groups in total. The third-order valence-corrected chi connectivity index (χ3v) is 4.80. The third-order valence-electron chi connectivity index (χ3n) is 4.80. The molecule has 0 spiro atoms. The predicted octanol–water partition coefficient (Wildman–Crippen LogP) is 0.847. The summed E-state index contributed by atoms with van der Waals surface area (Å²) >= 11 is 0. The molecule has 1 saturated heterocycles. The van der Waals surface area contributed by atoms with E-state index in [-0.39, 0.29) is 36.9 Å². The fourth-order valence-corrected chi connectivity index (χ4v) is 3.21. The Morgan fingerprint density at radius 2 is 1.81 bits per heavy atom. The molecule has 3 rings (SSSR count). The first kappa shape index (κ1) is 19.0. The number of likely N-dealkylation sites (N-methyl/N-ethyl adjacent to an activating group) is 1. The average Bonchev–Trinajstić information content (AvgIpc) is 2.64. The Hall–Kier alpha value is -2.77. The van der Waals surface area contributed by atoms with Crippen molar-refractivity contribution >= 4 is 23.5 Å². The Morgan fingerprint density at radius 3 is 2.48 bits per heavy atom. The van der Waals surface area contributed by atoms with Gasteiger partial charge in [0.25, 0.3) is 5.91 Å². The fourth-order valence-electron chi connectivity index (χ4n) is 3.21. The molecular weight excluding hydrogens is 348 g/mol. The van der Waals surface area contributed by atoms with Gasteiger partial charge in [0.2, 0.25) is 5.91 Å². The van der Waals surface area contributed by atoms with Crippen LogP contribution in [0.1, 0.15) is 19.4 Å². The van der Waals surface area contributed by atoms with Crippen LogP contribution in [-0.2, 0) is 16.0 Å². The van der Waals surface area contributed by atoms with Crippen molar-refractivity contribution < 1.29 is 19.1 Å². The van der Waals surface area contributed by atoms with Crippen molar-refractivity contribution in [2.24, 2.45) is 0 Å². The van der Waals surface area contributed by atoms with Gasteiger partial charge in [-0.3, -0.25) is 9.59 Å². The van der Waals surface area contributed by atoms with Gasteiger partial charge in [-0.05, 0) is 31.5 Å². The van der Waals surface area contributed by atoms with Crippen LogP contribution in [0.2, 0.25) is 0 Å². The molecule has 4 amide bonds. The highest BCUT2D eigenvalue weighted by molar-refractivity contribution is 5.97. The normalized spacial score (nSPS) is 16.9. The Balaban J connectivity index is 1.57. The zero-order valence-corrected chi connectivity index (χ0v) is 16.0. The quantitative estimate of drug-likeness (QED) is 0.850. The second-order valence-corrected chi connectivity index (χ2v) is 7.19. The number of anilines is 1. The molecule has 2 aliphatic heterocycles. The van der Waals surface area contributed by atoms with Crippen molar-refractivity contribution in [2.75, 3.05) is 44.7 Å². The van der Waals surface area contributed by atoms with E-state index in [9.17, 15) is 14.4 Å². The Kier molecular flexibility index (Phi) is 5.53. The van der Waals surface area contributed by atoms with Crippen LogP contribution in [-0.4, -0.2) is 73.5 Å². The van der Waals surface area contributed by atoms with E-state index in [1.807, 2.05) is 26.0 Å². The topological polar surface area (TPSA) is 82.2 Å². The zero-order chi connectivity index (χ0) is 19.6. The summed E-state index contributed by atoms with van der Waals surface area (Å²) < 4.78 is 5.41. The number of carbonyl (C=O) groups excluding carboxylic acids is 3. The minimum atomic E-state index is -0.109. The Morgan fingerprint density at radius 1 is 1.15 bits per heavy atom. The smallest absolute Gasteiger partial charge is 0.317 e. The number of nitrogens with zero attached hydrogens (tertiary/aromatic N) is 3. The number of carbonyl (C=O) groups is 3. The summed E-state index contributed by atoms with van der Waals surface area (Å²) in [5.74, 6) is 0.560. The second-order valence-electron chi connectivity index (χ2n) is 7.19. The lowest BCUT2D eigenvalue weighted by atomic mass is 10.1. The van der Waals surface area contributed by atoms with Crippen molar-refractivity contribution in [3.05, 3.63) is 23.8 Å². The minimum Gasteiger partial charge on any atom is -0.482 e. The van der Waals surface area contributed by atoms with Crippen molar-refractivity contribution in [3.63, 3.8) is 0 Å². The first-order valence-corrected chi connectivity index (χ1v) is 9.20. The molecule has 2 heterocycles.